The molecule has 0 radical (unpaired) electrons. The molecule has 1 aromatic rings. The van der Waals surface area contributed by atoms with Gasteiger partial charge in [0.25, 0.3) is 5.56 Å². The number of hydrogen-bond acceptors (Lipinski definition) is 5. The van der Waals surface area contributed by atoms with Crippen molar-refractivity contribution in [3.63, 3.8) is 0 Å². The van der Waals surface area contributed by atoms with Crippen molar-refractivity contribution in [2.24, 2.45) is 0 Å². The minimum absolute atomic E-state index is 0.0303. The molecule has 0 saturated carbocycles. The molecule has 4 N–H and O–H groups in total. The minimum atomic E-state index is -0.329. The number of nitrogen functional groups attached to an aromatic ring is 1. The zero-order chi connectivity index (χ0) is 10.1. The fraction of sp³-hybridized carbons (Fsp3) is 0.286. The van der Waals surface area contributed by atoms with E-state index in [-0.39, 0.29) is 17.1 Å². The van der Waals surface area contributed by atoms with Crippen LogP contribution in [0, 0.1) is 0 Å². The molecule has 0 spiro atoms. The molecule has 0 aliphatic carbocycles. The second-order valence-electron chi connectivity index (χ2n) is 2.84. The fourth-order valence-electron chi connectivity index (χ4n) is 1.39. The summed E-state index contributed by atoms with van der Waals surface area (Å²) in [6.45, 7) is 1.18. The smallest absolute Gasteiger partial charge is 0.280 e. The van der Waals surface area contributed by atoms with E-state index in [4.69, 9.17) is 5.73 Å². The third kappa shape index (κ3) is 1.10. The largest absolute Gasteiger partial charge is 0.382 e. The van der Waals surface area contributed by atoms with Crippen LogP contribution in [0.4, 0.5) is 17.5 Å². The number of hydrogen-bond donors (Lipinski definition) is 3. The summed E-state index contributed by atoms with van der Waals surface area (Å²) in [7, 11) is 0. The quantitative estimate of drug-likeness (QED) is 0.515. The van der Waals surface area contributed by atoms with E-state index in [1.807, 2.05) is 0 Å². The molecule has 14 heavy (non-hydrogen) atoms. The molecule has 1 aliphatic rings. The van der Waals surface area contributed by atoms with Gasteiger partial charge >= 0.3 is 0 Å². The lowest BCUT2D eigenvalue weighted by molar-refractivity contribution is -0.105. The van der Waals surface area contributed by atoms with Crippen molar-refractivity contribution >= 4 is 23.9 Å². The number of carbonyl (C=O) groups excluding carboxylic acids is 1. The average Bonchev–Trinajstić information content (AvgIpc) is 2.60. The van der Waals surface area contributed by atoms with Gasteiger partial charge in [-0.2, -0.15) is 4.98 Å². The Balaban J connectivity index is 2.62. The molecule has 1 amide bonds. The predicted octanol–water partition coefficient (Wildman–Crippen LogP) is -1.18. The summed E-state index contributed by atoms with van der Waals surface area (Å²) in [6.07, 6.45) is 0.407. The van der Waals surface area contributed by atoms with E-state index in [2.05, 4.69) is 15.6 Å². The number of amides is 1. The summed E-state index contributed by atoms with van der Waals surface area (Å²) in [5.41, 5.74) is 5.20. The van der Waals surface area contributed by atoms with Crippen LogP contribution in [0.3, 0.4) is 0 Å². The highest BCUT2D eigenvalue weighted by atomic mass is 16.1. The monoisotopic (exact) mass is 195 g/mol. The van der Waals surface area contributed by atoms with Gasteiger partial charge in [-0.3, -0.25) is 14.2 Å². The molecular weight excluding hydrogens is 186 g/mol. The van der Waals surface area contributed by atoms with Gasteiger partial charge in [0.15, 0.2) is 5.82 Å². The average molecular weight is 195 g/mol. The summed E-state index contributed by atoms with van der Waals surface area (Å²) in [5, 5.41) is 5.15. The van der Waals surface area contributed by atoms with Crippen LogP contribution >= 0.6 is 0 Å². The molecule has 2 heterocycles. The Morgan fingerprint density at radius 2 is 2.43 bits per heavy atom. The van der Waals surface area contributed by atoms with Crippen LogP contribution in [0.5, 0.6) is 0 Å². The molecule has 7 heteroatoms. The van der Waals surface area contributed by atoms with Crippen LogP contribution < -0.4 is 21.9 Å². The molecule has 1 aromatic heterocycles. The lowest BCUT2D eigenvalue weighted by atomic mass is 10.4. The standard InChI is InChI=1S/C7H9N5O2/c8-5-4(10-3-13)6(14)12-2-1-9-7(12)11-5/h3H,1-2,8H2,(H,9,11)(H,10,13). The number of rotatable bonds is 2. The van der Waals surface area contributed by atoms with Crippen molar-refractivity contribution in [2.45, 2.75) is 6.54 Å². The second kappa shape index (κ2) is 3.02. The molecule has 0 saturated heterocycles. The Hall–Kier alpha value is -2.05. The van der Waals surface area contributed by atoms with E-state index in [9.17, 15) is 9.59 Å². The maximum absolute atomic E-state index is 11.7. The zero-order valence-corrected chi connectivity index (χ0v) is 7.28. The number of anilines is 3. The third-order valence-corrected chi connectivity index (χ3v) is 2.02. The maximum atomic E-state index is 11.7. The van der Waals surface area contributed by atoms with Crippen molar-refractivity contribution < 1.29 is 4.79 Å². The summed E-state index contributed by atoms with van der Waals surface area (Å²) < 4.78 is 1.43. The van der Waals surface area contributed by atoms with Gasteiger partial charge in [0.2, 0.25) is 12.4 Å². The van der Waals surface area contributed by atoms with Gasteiger partial charge in [0.05, 0.1) is 0 Å². The molecule has 7 nitrogen and oxygen atoms in total. The van der Waals surface area contributed by atoms with Gasteiger partial charge in [-0.05, 0) is 0 Å². The molecule has 0 unspecified atom stereocenters. The van der Waals surface area contributed by atoms with E-state index < -0.39 is 0 Å². The number of fused-ring (bicyclic) bond motifs is 1. The summed E-state index contributed by atoms with van der Waals surface area (Å²) in [5.74, 6) is 0.478. The first kappa shape index (κ1) is 8.54. The predicted molar refractivity (Wildman–Crippen MR) is 51.1 cm³/mol. The Labute approximate surface area is 78.9 Å². The molecule has 2 rings (SSSR count). The van der Waals surface area contributed by atoms with Crippen LogP contribution in [0.25, 0.3) is 0 Å². The highest BCUT2D eigenvalue weighted by Crippen LogP contribution is 2.15. The van der Waals surface area contributed by atoms with Crippen molar-refractivity contribution in [3.8, 4) is 0 Å². The topological polar surface area (TPSA) is 102 Å². The minimum Gasteiger partial charge on any atom is -0.382 e. The molecule has 0 aromatic carbocycles. The van der Waals surface area contributed by atoms with E-state index in [1.54, 1.807) is 0 Å². The number of nitrogens with two attached hydrogens (primary N) is 1. The Bertz CT molecular complexity index is 438. The fourth-order valence-corrected chi connectivity index (χ4v) is 1.39. The van der Waals surface area contributed by atoms with Crippen LogP contribution in [-0.4, -0.2) is 22.5 Å². The molecular formula is C7H9N5O2. The van der Waals surface area contributed by atoms with E-state index >= 15 is 0 Å². The van der Waals surface area contributed by atoms with Gasteiger partial charge in [-0.15, -0.1) is 0 Å². The SMILES string of the molecule is Nc1nc2n(c(=O)c1NC=O)CCN2. The first-order valence-electron chi connectivity index (χ1n) is 4.08. The summed E-state index contributed by atoms with van der Waals surface area (Å²) in [6, 6.07) is 0. The third-order valence-electron chi connectivity index (χ3n) is 2.02. The first-order chi connectivity index (χ1) is 6.74. The second-order valence-corrected chi connectivity index (χ2v) is 2.84. The molecule has 1 aliphatic heterocycles. The molecule has 0 atom stereocenters. The Morgan fingerprint density at radius 1 is 1.64 bits per heavy atom. The Kier molecular flexibility index (Phi) is 1.84. The summed E-state index contributed by atoms with van der Waals surface area (Å²) in [4.78, 5) is 25.8. The van der Waals surface area contributed by atoms with Crippen molar-refractivity contribution in [1.29, 1.82) is 0 Å². The highest BCUT2D eigenvalue weighted by molar-refractivity contribution is 5.77. The van der Waals surface area contributed by atoms with Crippen molar-refractivity contribution in [1.82, 2.24) is 9.55 Å². The van der Waals surface area contributed by atoms with Crippen LogP contribution in [-0.2, 0) is 11.3 Å². The normalized spacial score (nSPS) is 13.1. The van der Waals surface area contributed by atoms with Gasteiger partial charge in [-0.25, -0.2) is 0 Å². The zero-order valence-electron chi connectivity index (χ0n) is 7.28. The molecule has 0 bridgehead atoms. The van der Waals surface area contributed by atoms with E-state index in [0.717, 1.165) is 0 Å². The van der Waals surface area contributed by atoms with E-state index in [1.165, 1.54) is 4.57 Å². The maximum Gasteiger partial charge on any atom is 0.280 e. The number of nitrogens with zero attached hydrogens (tertiary/aromatic N) is 2. The van der Waals surface area contributed by atoms with Gasteiger partial charge < -0.3 is 16.4 Å². The number of nitrogens with one attached hydrogen (secondary N) is 2. The lowest BCUT2D eigenvalue weighted by Crippen LogP contribution is -2.24. The highest BCUT2D eigenvalue weighted by Gasteiger charge is 2.17. The first-order valence-corrected chi connectivity index (χ1v) is 4.08. The lowest BCUT2D eigenvalue weighted by Gasteiger charge is -2.06. The van der Waals surface area contributed by atoms with Gasteiger partial charge in [0.1, 0.15) is 5.69 Å². The van der Waals surface area contributed by atoms with Gasteiger partial charge in [-0.1, -0.05) is 0 Å². The van der Waals surface area contributed by atoms with Crippen LogP contribution in [0.2, 0.25) is 0 Å². The van der Waals surface area contributed by atoms with E-state index in [0.29, 0.717) is 25.4 Å². The number of carbonyl (C=O) groups is 1. The molecule has 74 valence electrons. The number of aromatic nitrogens is 2. The van der Waals surface area contributed by atoms with Crippen molar-refractivity contribution in [2.75, 3.05) is 22.9 Å². The summed E-state index contributed by atoms with van der Waals surface area (Å²) >= 11 is 0. The van der Waals surface area contributed by atoms with Gasteiger partial charge in [0, 0.05) is 13.1 Å². The molecule has 0 fully saturated rings. The van der Waals surface area contributed by atoms with Crippen molar-refractivity contribution in [3.05, 3.63) is 10.4 Å². The van der Waals surface area contributed by atoms with Crippen LogP contribution in [0.15, 0.2) is 4.79 Å². The Morgan fingerprint density at radius 3 is 3.14 bits per heavy atom. The van der Waals surface area contributed by atoms with Crippen LogP contribution in [0.1, 0.15) is 0 Å².